The summed E-state index contributed by atoms with van der Waals surface area (Å²) in [6.45, 7) is 3.03. The molecule has 0 spiro atoms. The van der Waals surface area contributed by atoms with Crippen LogP contribution in [-0.2, 0) is 17.8 Å². The first-order chi connectivity index (χ1) is 11.2. The number of furan rings is 1. The van der Waals surface area contributed by atoms with Crippen molar-refractivity contribution in [3.05, 3.63) is 41.2 Å². The molecule has 0 bridgehead atoms. The summed E-state index contributed by atoms with van der Waals surface area (Å²) < 4.78 is 15.9. The molecule has 1 atom stereocenters. The topological polar surface area (TPSA) is 68.7 Å². The molecule has 6 heteroatoms. The quantitative estimate of drug-likeness (QED) is 0.845. The Hall–Kier alpha value is -2.08. The molecule has 0 aromatic carbocycles. The van der Waals surface area contributed by atoms with Crippen molar-refractivity contribution >= 4 is 5.91 Å². The molecule has 1 unspecified atom stereocenters. The lowest BCUT2D eigenvalue weighted by atomic mass is 9.99. The Morgan fingerprint density at radius 3 is 3.04 bits per heavy atom. The summed E-state index contributed by atoms with van der Waals surface area (Å²) in [6.07, 6.45) is 5.25. The lowest BCUT2D eigenvalue weighted by molar-refractivity contribution is 0.0574. The van der Waals surface area contributed by atoms with Crippen molar-refractivity contribution in [2.75, 3.05) is 13.7 Å². The summed E-state index contributed by atoms with van der Waals surface area (Å²) in [6, 6.07) is 3.95. The van der Waals surface area contributed by atoms with Crippen molar-refractivity contribution < 1.29 is 18.5 Å². The molecule has 23 heavy (non-hydrogen) atoms. The Labute approximate surface area is 135 Å². The monoisotopic (exact) mass is 318 g/mol. The van der Waals surface area contributed by atoms with E-state index in [4.69, 9.17) is 13.7 Å². The summed E-state index contributed by atoms with van der Waals surface area (Å²) in [5.74, 6) is 1.74. The molecule has 1 aliphatic rings. The minimum Gasteiger partial charge on any atom is -0.464 e. The van der Waals surface area contributed by atoms with E-state index in [9.17, 15) is 4.79 Å². The van der Waals surface area contributed by atoms with Gasteiger partial charge in [-0.3, -0.25) is 4.79 Å². The number of carbonyl (C=O) groups is 1. The second-order valence-electron chi connectivity index (χ2n) is 5.78. The van der Waals surface area contributed by atoms with Crippen molar-refractivity contribution in [3.8, 4) is 0 Å². The number of aryl methyl sites for hydroxylation is 1. The number of nitrogens with zero attached hydrogens (tertiary/aromatic N) is 2. The largest absolute Gasteiger partial charge is 0.464 e. The third-order valence-corrected chi connectivity index (χ3v) is 4.28. The fraction of sp³-hybridized carbons (Fsp3) is 0.529. The zero-order valence-electron chi connectivity index (χ0n) is 13.6. The van der Waals surface area contributed by atoms with Gasteiger partial charge in [0.1, 0.15) is 29.0 Å². The third-order valence-electron chi connectivity index (χ3n) is 4.28. The number of methoxy groups -OCH3 is 1. The van der Waals surface area contributed by atoms with Crippen LogP contribution >= 0.6 is 0 Å². The Morgan fingerprint density at radius 2 is 2.30 bits per heavy atom. The van der Waals surface area contributed by atoms with Crippen LogP contribution < -0.4 is 0 Å². The fourth-order valence-corrected chi connectivity index (χ4v) is 3.06. The summed E-state index contributed by atoms with van der Waals surface area (Å²) in [4.78, 5) is 14.8. The number of hydrogen-bond acceptors (Lipinski definition) is 5. The van der Waals surface area contributed by atoms with Crippen LogP contribution in [0.2, 0.25) is 0 Å². The van der Waals surface area contributed by atoms with Gasteiger partial charge in [0.05, 0.1) is 12.6 Å². The molecule has 124 valence electrons. The van der Waals surface area contributed by atoms with E-state index in [-0.39, 0.29) is 18.6 Å². The van der Waals surface area contributed by atoms with Gasteiger partial charge in [0.2, 0.25) is 0 Å². The van der Waals surface area contributed by atoms with Gasteiger partial charge in [0.25, 0.3) is 5.91 Å². The highest BCUT2D eigenvalue weighted by Gasteiger charge is 2.32. The molecule has 1 fully saturated rings. The molecule has 2 aromatic rings. The maximum Gasteiger partial charge on any atom is 0.259 e. The lowest BCUT2D eigenvalue weighted by Gasteiger charge is -2.34. The highest BCUT2D eigenvalue weighted by molar-refractivity contribution is 5.95. The average molecular weight is 318 g/mol. The van der Waals surface area contributed by atoms with E-state index in [0.717, 1.165) is 37.2 Å². The second kappa shape index (κ2) is 7.00. The molecule has 0 radical (unpaired) electrons. The van der Waals surface area contributed by atoms with E-state index in [1.807, 2.05) is 17.0 Å². The van der Waals surface area contributed by atoms with E-state index >= 15 is 0 Å². The summed E-state index contributed by atoms with van der Waals surface area (Å²) in [7, 11) is 1.57. The smallest absolute Gasteiger partial charge is 0.259 e. The van der Waals surface area contributed by atoms with Crippen LogP contribution in [0, 0.1) is 0 Å². The second-order valence-corrected chi connectivity index (χ2v) is 5.78. The van der Waals surface area contributed by atoms with Crippen molar-refractivity contribution in [1.29, 1.82) is 0 Å². The standard InChI is InChI=1S/C17H22N2O4/c1-3-12-7-8-16(23-12)15-6-4-5-9-19(15)17(20)13-10-22-18-14(13)11-21-2/h7-8,10,15H,3-6,9,11H2,1-2H3. The van der Waals surface area contributed by atoms with Gasteiger partial charge in [-0.25, -0.2) is 0 Å². The maximum atomic E-state index is 12.9. The van der Waals surface area contributed by atoms with Gasteiger partial charge >= 0.3 is 0 Å². The summed E-state index contributed by atoms with van der Waals surface area (Å²) >= 11 is 0. The van der Waals surface area contributed by atoms with Crippen LogP contribution in [0.3, 0.4) is 0 Å². The summed E-state index contributed by atoms with van der Waals surface area (Å²) in [5, 5.41) is 3.87. The van der Waals surface area contributed by atoms with Crippen LogP contribution in [0.25, 0.3) is 0 Å². The number of carbonyl (C=O) groups excluding carboxylic acids is 1. The number of amides is 1. The molecular formula is C17H22N2O4. The van der Waals surface area contributed by atoms with Crippen molar-refractivity contribution in [2.45, 2.75) is 45.3 Å². The fourth-order valence-electron chi connectivity index (χ4n) is 3.06. The zero-order chi connectivity index (χ0) is 16.2. The van der Waals surface area contributed by atoms with Crippen LogP contribution in [-0.4, -0.2) is 29.6 Å². The Bertz CT molecular complexity index is 661. The van der Waals surface area contributed by atoms with Gasteiger partial charge in [-0.2, -0.15) is 0 Å². The Kier molecular flexibility index (Phi) is 4.81. The number of ether oxygens (including phenoxy) is 1. The van der Waals surface area contributed by atoms with Crippen molar-refractivity contribution in [3.63, 3.8) is 0 Å². The average Bonchev–Trinajstić information content (AvgIpc) is 3.23. The Balaban J connectivity index is 1.85. The van der Waals surface area contributed by atoms with E-state index in [1.165, 1.54) is 6.26 Å². The number of likely N-dealkylation sites (tertiary alicyclic amines) is 1. The number of hydrogen-bond donors (Lipinski definition) is 0. The minimum atomic E-state index is -0.0718. The lowest BCUT2D eigenvalue weighted by Crippen LogP contribution is -2.38. The number of piperidine rings is 1. The van der Waals surface area contributed by atoms with Gasteiger partial charge in [0.15, 0.2) is 0 Å². The van der Waals surface area contributed by atoms with E-state index in [2.05, 4.69) is 12.1 Å². The predicted molar refractivity (Wildman–Crippen MR) is 82.9 cm³/mol. The molecule has 1 amide bonds. The number of aromatic nitrogens is 1. The van der Waals surface area contributed by atoms with Gasteiger partial charge in [0, 0.05) is 20.1 Å². The summed E-state index contributed by atoms with van der Waals surface area (Å²) in [5.41, 5.74) is 1.01. The normalized spacial score (nSPS) is 18.3. The van der Waals surface area contributed by atoms with E-state index in [1.54, 1.807) is 7.11 Å². The first-order valence-electron chi connectivity index (χ1n) is 8.06. The highest BCUT2D eigenvalue weighted by atomic mass is 16.5. The first kappa shape index (κ1) is 15.8. The van der Waals surface area contributed by atoms with Gasteiger partial charge < -0.3 is 18.6 Å². The van der Waals surface area contributed by atoms with E-state index < -0.39 is 0 Å². The van der Waals surface area contributed by atoms with E-state index in [0.29, 0.717) is 17.8 Å². The van der Waals surface area contributed by atoms with Crippen LogP contribution in [0.4, 0.5) is 0 Å². The van der Waals surface area contributed by atoms with Gasteiger partial charge in [-0.05, 0) is 31.4 Å². The molecule has 3 heterocycles. The number of rotatable bonds is 5. The molecule has 0 saturated carbocycles. The third kappa shape index (κ3) is 3.17. The van der Waals surface area contributed by atoms with Crippen LogP contribution in [0.15, 0.2) is 27.3 Å². The van der Waals surface area contributed by atoms with Gasteiger partial charge in [-0.15, -0.1) is 0 Å². The molecule has 0 N–H and O–H groups in total. The molecular weight excluding hydrogens is 296 g/mol. The SMILES string of the molecule is CCc1ccc(C2CCCCN2C(=O)c2conc2COC)o1. The Morgan fingerprint density at radius 1 is 1.43 bits per heavy atom. The van der Waals surface area contributed by atoms with Crippen LogP contribution in [0.1, 0.15) is 59.8 Å². The first-order valence-corrected chi connectivity index (χ1v) is 8.06. The van der Waals surface area contributed by atoms with Crippen LogP contribution in [0.5, 0.6) is 0 Å². The van der Waals surface area contributed by atoms with Gasteiger partial charge in [-0.1, -0.05) is 12.1 Å². The zero-order valence-corrected chi connectivity index (χ0v) is 13.6. The molecule has 0 aliphatic carbocycles. The molecule has 2 aromatic heterocycles. The minimum absolute atomic E-state index is 0.0261. The molecule has 3 rings (SSSR count). The van der Waals surface area contributed by atoms with Crippen molar-refractivity contribution in [1.82, 2.24) is 10.1 Å². The molecule has 1 aliphatic heterocycles. The molecule has 6 nitrogen and oxygen atoms in total. The highest BCUT2D eigenvalue weighted by Crippen LogP contribution is 2.33. The van der Waals surface area contributed by atoms with Crippen molar-refractivity contribution in [2.24, 2.45) is 0 Å². The molecule has 1 saturated heterocycles. The predicted octanol–water partition coefficient (Wildman–Crippen LogP) is 3.34. The maximum absolute atomic E-state index is 12.9.